The first-order valence-electron chi connectivity index (χ1n) is 7.47. The molecule has 20 heavy (non-hydrogen) atoms. The lowest BCUT2D eigenvalue weighted by Gasteiger charge is -2.21. The van der Waals surface area contributed by atoms with E-state index >= 15 is 0 Å². The van der Waals surface area contributed by atoms with Crippen molar-refractivity contribution < 1.29 is 9.59 Å². The van der Waals surface area contributed by atoms with Crippen LogP contribution in [0, 0.1) is 5.92 Å². The molecule has 6 heteroatoms. The number of likely N-dealkylation sites (tertiary alicyclic amines) is 1. The van der Waals surface area contributed by atoms with Crippen molar-refractivity contribution >= 4 is 11.8 Å². The summed E-state index contributed by atoms with van der Waals surface area (Å²) < 4.78 is 0. The third-order valence-electron chi connectivity index (χ3n) is 4.16. The molecule has 6 nitrogen and oxygen atoms in total. The van der Waals surface area contributed by atoms with Crippen LogP contribution in [0.3, 0.4) is 0 Å². The topological polar surface area (TPSA) is 78.7 Å². The molecule has 0 spiro atoms. The van der Waals surface area contributed by atoms with Crippen molar-refractivity contribution in [3.63, 3.8) is 0 Å². The van der Waals surface area contributed by atoms with Crippen molar-refractivity contribution in [2.45, 2.75) is 38.3 Å². The Kier molecular flexibility index (Phi) is 4.99. The molecule has 0 bridgehead atoms. The van der Waals surface area contributed by atoms with Crippen LogP contribution in [-0.4, -0.2) is 66.9 Å². The molecule has 0 aromatic rings. The van der Waals surface area contributed by atoms with Crippen molar-refractivity contribution in [3.8, 4) is 0 Å². The fraction of sp³-hybridized carbons (Fsp3) is 0.857. The van der Waals surface area contributed by atoms with Crippen LogP contribution in [0.25, 0.3) is 0 Å². The van der Waals surface area contributed by atoms with Crippen LogP contribution in [-0.2, 0) is 9.59 Å². The average Bonchev–Trinajstić information content (AvgIpc) is 3.04. The minimum atomic E-state index is -0.0572. The number of likely N-dealkylation sites (N-methyl/N-ethyl adjacent to an activating group) is 1. The highest BCUT2D eigenvalue weighted by Gasteiger charge is 2.28. The molecule has 3 N–H and O–H groups in total. The van der Waals surface area contributed by atoms with Gasteiger partial charge in [0.15, 0.2) is 0 Å². The molecule has 1 heterocycles. The van der Waals surface area contributed by atoms with Crippen molar-refractivity contribution in [1.29, 1.82) is 0 Å². The Labute approximate surface area is 120 Å². The standard InChI is InChI=1S/C14H26N4O2/c1-10(15)11-5-6-18(7-11)9-14(20)17(2)8-13(19)16-12-3-4-12/h10-12H,3-9,15H2,1-2H3,(H,16,19). The van der Waals surface area contributed by atoms with Gasteiger partial charge in [-0.05, 0) is 38.6 Å². The molecule has 1 saturated carbocycles. The minimum absolute atomic E-state index is 0.00118. The van der Waals surface area contributed by atoms with Crippen LogP contribution >= 0.6 is 0 Å². The van der Waals surface area contributed by atoms with Gasteiger partial charge in [0.2, 0.25) is 11.8 Å². The van der Waals surface area contributed by atoms with E-state index in [0.717, 1.165) is 32.4 Å². The quantitative estimate of drug-likeness (QED) is 0.681. The second kappa shape index (κ2) is 6.54. The molecule has 2 rings (SSSR count). The van der Waals surface area contributed by atoms with Crippen molar-refractivity contribution in [2.75, 3.05) is 33.2 Å². The lowest BCUT2D eigenvalue weighted by molar-refractivity contribution is -0.135. The van der Waals surface area contributed by atoms with Gasteiger partial charge in [0.1, 0.15) is 0 Å². The molecule has 1 saturated heterocycles. The predicted molar refractivity (Wildman–Crippen MR) is 77.0 cm³/mol. The van der Waals surface area contributed by atoms with Gasteiger partial charge in [0, 0.05) is 25.7 Å². The maximum Gasteiger partial charge on any atom is 0.239 e. The third-order valence-corrected chi connectivity index (χ3v) is 4.16. The molecular weight excluding hydrogens is 256 g/mol. The van der Waals surface area contributed by atoms with Crippen LogP contribution in [0.2, 0.25) is 0 Å². The maximum atomic E-state index is 12.1. The highest BCUT2D eigenvalue weighted by molar-refractivity contribution is 5.85. The number of rotatable bonds is 6. The number of carbonyl (C=O) groups excluding carboxylic acids is 2. The molecule has 2 atom stereocenters. The highest BCUT2D eigenvalue weighted by atomic mass is 16.2. The summed E-state index contributed by atoms with van der Waals surface area (Å²) in [5.74, 6) is 0.422. The number of carbonyl (C=O) groups is 2. The Morgan fingerprint density at radius 2 is 2.10 bits per heavy atom. The van der Waals surface area contributed by atoms with E-state index in [-0.39, 0.29) is 24.4 Å². The van der Waals surface area contributed by atoms with E-state index in [4.69, 9.17) is 5.73 Å². The van der Waals surface area contributed by atoms with Gasteiger partial charge < -0.3 is 16.0 Å². The summed E-state index contributed by atoms with van der Waals surface area (Å²) in [6.07, 6.45) is 3.18. The van der Waals surface area contributed by atoms with Crippen LogP contribution in [0.15, 0.2) is 0 Å². The smallest absolute Gasteiger partial charge is 0.239 e. The second-order valence-electron chi connectivity index (χ2n) is 6.23. The number of hydrogen-bond acceptors (Lipinski definition) is 4. The van der Waals surface area contributed by atoms with Gasteiger partial charge in [-0.15, -0.1) is 0 Å². The lowest BCUT2D eigenvalue weighted by atomic mass is 10.0. The summed E-state index contributed by atoms with van der Waals surface area (Å²) in [4.78, 5) is 27.4. The Bertz CT molecular complexity index is 368. The SMILES string of the molecule is CC(N)C1CCN(CC(=O)N(C)CC(=O)NC2CC2)C1. The highest BCUT2D eigenvalue weighted by Crippen LogP contribution is 2.19. The number of hydrogen-bond donors (Lipinski definition) is 2. The van der Waals surface area contributed by atoms with Crippen molar-refractivity contribution in [2.24, 2.45) is 11.7 Å². The van der Waals surface area contributed by atoms with E-state index < -0.39 is 0 Å². The van der Waals surface area contributed by atoms with Gasteiger partial charge in [0.05, 0.1) is 13.1 Å². The van der Waals surface area contributed by atoms with Crippen LogP contribution in [0.1, 0.15) is 26.2 Å². The normalized spacial score (nSPS) is 24.4. The van der Waals surface area contributed by atoms with E-state index in [2.05, 4.69) is 10.2 Å². The predicted octanol–water partition coefficient (Wildman–Crippen LogP) is -0.607. The fourth-order valence-electron chi connectivity index (χ4n) is 2.55. The summed E-state index contributed by atoms with van der Waals surface area (Å²) in [6, 6.07) is 0.522. The molecule has 2 amide bonds. The molecule has 0 aromatic heterocycles. The largest absolute Gasteiger partial charge is 0.352 e. The van der Waals surface area contributed by atoms with E-state index in [9.17, 15) is 9.59 Å². The Hall–Kier alpha value is -1.14. The molecule has 1 aliphatic carbocycles. The van der Waals surface area contributed by atoms with E-state index in [1.165, 1.54) is 4.90 Å². The van der Waals surface area contributed by atoms with Crippen molar-refractivity contribution in [1.82, 2.24) is 15.1 Å². The molecule has 0 aromatic carbocycles. The van der Waals surface area contributed by atoms with Gasteiger partial charge in [0.25, 0.3) is 0 Å². The summed E-state index contributed by atoms with van der Waals surface area (Å²) >= 11 is 0. The molecule has 114 valence electrons. The zero-order valence-corrected chi connectivity index (χ0v) is 12.5. The number of nitrogens with zero attached hydrogens (tertiary/aromatic N) is 2. The van der Waals surface area contributed by atoms with Gasteiger partial charge in [-0.3, -0.25) is 14.5 Å². The Morgan fingerprint density at radius 3 is 2.65 bits per heavy atom. The maximum absolute atomic E-state index is 12.1. The molecular formula is C14H26N4O2. The van der Waals surface area contributed by atoms with E-state index in [1.807, 2.05) is 6.92 Å². The Morgan fingerprint density at radius 1 is 1.40 bits per heavy atom. The van der Waals surface area contributed by atoms with Gasteiger partial charge in [-0.1, -0.05) is 0 Å². The minimum Gasteiger partial charge on any atom is -0.352 e. The van der Waals surface area contributed by atoms with Gasteiger partial charge >= 0.3 is 0 Å². The lowest BCUT2D eigenvalue weighted by Crippen LogP contribution is -2.43. The summed E-state index contributed by atoms with van der Waals surface area (Å²) in [6.45, 7) is 4.35. The summed E-state index contributed by atoms with van der Waals surface area (Å²) in [5.41, 5.74) is 5.89. The first kappa shape index (κ1) is 15.3. The monoisotopic (exact) mass is 282 g/mol. The zero-order chi connectivity index (χ0) is 14.7. The molecule has 2 fully saturated rings. The number of nitrogens with two attached hydrogens (primary N) is 1. The molecule has 2 unspecified atom stereocenters. The zero-order valence-electron chi connectivity index (χ0n) is 12.5. The van der Waals surface area contributed by atoms with Gasteiger partial charge in [-0.2, -0.15) is 0 Å². The van der Waals surface area contributed by atoms with Crippen LogP contribution < -0.4 is 11.1 Å². The summed E-state index contributed by atoms with van der Waals surface area (Å²) in [7, 11) is 1.69. The van der Waals surface area contributed by atoms with Crippen molar-refractivity contribution in [3.05, 3.63) is 0 Å². The first-order valence-corrected chi connectivity index (χ1v) is 7.47. The molecule has 2 aliphatic rings. The average molecular weight is 282 g/mol. The summed E-state index contributed by atoms with van der Waals surface area (Å²) in [5, 5.41) is 2.89. The van der Waals surface area contributed by atoms with E-state index in [0.29, 0.717) is 18.5 Å². The Balaban J connectivity index is 1.69. The first-order chi connectivity index (χ1) is 9.45. The third kappa shape index (κ3) is 4.45. The van der Waals surface area contributed by atoms with Gasteiger partial charge in [-0.25, -0.2) is 0 Å². The molecule has 0 radical (unpaired) electrons. The number of nitrogens with one attached hydrogen (secondary N) is 1. The molecule has 1 aliphatic heterocycles. The van der Waals surface area contributed by atoms with E-state index in [1.54, 1.807) is 7.05 Å². The van der Waals surface area contributed by atoms with Crippen LogP contribution in [0.4, 0.5) is 0 Å². The van der Waals surface area contributed by atoms with Crippen LogP contribution in [0.5, 0.6) is 0 Å². The number of amides is 2. The fourth-order valence-corrected chi connectivity index (χ4v) is 2.55. The second-order valence-corrected chi connectivity index (χ2v) is 6.23.